The van der Waals surface area contributed by atoms with E-state index in [-0.39, 0.29) is 0 Å². The Bertz CT molecular complexity index is 490. The van der Waals surface area contributed by atoms with E-state index < -0.39 is 6.10 Å². The van der Waals surface area contributed by atoms with E-state index in [0.29, 0.717) is 12.6 Å². The van der Waals surface area contributed by atoms with Gasteiger partial charge in [0.15, 0.2) is 0 Å². The number of aryl methyl sites for hydroxylation is 1. The van der Waals surface area contributed by atoms with E-state index in [1.165, 1.54) is 0 Å². The Hall–Kier alpha value is -1.78. The van der Waals surface area contributed by atoms with Gasteiger partial charge in [0, 0.05) is 42.4 Å². The first-order valence-corrected chi connectivity index (χ1v) is 6.97. The molecule has 4 nitrogen and oxygen atoms in total. The van der Waals surface area contributed by atoms with Gasteiger partial charge in [0.1, 0.15) is 0 Å². The number of rotatable bonds is 7. The van der Waals surface area contributed by atoms with Crippen molar-refractivity contribution in [3.05, 3.63) is 60.2 Å². The molecule has 0 aliphatic rings. The number of hydrogen-bond acceptors (Lipinski definition) is 4. The molecule has 0 fully saturated rings. The molecule has 2 N–H and O–H groups in total. The fourth-order valence-corrected chi connectivity index (χ4v) is 2.02. The molecule has 0 spiro atoms. The van der Waals surface area contributed by atoms with E-state index in [4.69, 9.17) is 0 Å². The zero-order valence-electron chi connectivity index (χ0n) is 11.7. The average molecular weight is 271 g/mol. The summed E-state index contributed by atoms with van der Waals surface area (Å²) >= 11 is 0. The smallest absolute Gasteiger partial charge is 0.0929 e. The van der Waals surface area contributed by atoms with Crippen molar-refractivity contribution in [2.75, 3.05) is 6.54 Å². The number of nitrogens with one attached hydrogen (secondary N) is 1. The summed E-state index contributed by atoms with van der Waals surface area (Å²) in [4.78, 5) is 8.32. The van der Waals surface area contributed by atoms with E-state index in [9.17, 15) is 5.11 Å². The maximum atomic E-state index is 10.0. The third-order valence-electron chi connectivity index (χ3n) is 3.29. The van der Waals surface area contributed by atoms with Gasteiger partial charge in [-0.2, -0.15) is 0 Å². The summed E-state index contributed by atoms with van der Waals surface area (Å²) in [7, 11) is 0. The Balaban J connectivity index is 1.71. The number of pyridine rings is 2. The lowest BCUT2D eigenvalue weighted by molar-refractivity contribution is 0.169. The van der Waals surface area contributed by atoms with E-state index in [0.717, 1.165) is 24.1 Å². The molecule has 2 heterocycles. The van der Waals surface area contributed by atoms with Crippen LogP contribution in [0.3, 0.4) is 0 Å². The highest BCUT2D eigenvalue weighted by atomic mass is 16.3. The fourth-order valence-electron chi connectivity index (χ4n) is 2.02. The van der Waals surface area contributed by atoms with Gasteiger partial charge in [-0.3, -0.25) is 9.97 Å². The standard InChI is InChI=1S/C16H21N3O/c1-13(7-8-15-6-2-3-10-18-15)19-12-16(20)14-5-4-9-17-11-14/h2-6,9-11,13,16,19-20H,7-8,12H2,1H3. The topological polar surface area (TPSA) is 58.0 Å². The van der Waals surface area contributed by atoms with E-state index in [2.05, 4.69) is 22.2 Å². The van der Waals surface area contributed by atoms with Gasteiger partial charge in [0.25, 0.3) is 0 Å². The van der Waals surface area contributed by atoms with Crippen molar-refractivity contribution in [2.24, 2.45) is 0 Å². The van der Waals surface area contributed by atoms with Crippen LogP contribution < -0.4 is 5.32 Å². The van der Waals surface area contributed by atoms with Crippen LogP contribution in [0.4, 0.5) is 0 Å². The number of aromatic nitrogens is 2. The van der Waals surface area contributed by atoms with Gasteiger partial charge in [-0.25, -0.2) is 0 Å². The molecule has 106 valence electrons. The molecule has 0 aromatic carbocycles. The molecule has 2 unspecified atom stereocenters. The molecule has 0 saturated carbocycles. The second-order valence-corrected chi connectivity index (χ2v) is 4.97. The minimum Gasteiger partial charge on any atom is -0.387 e. The summed E-state index contributed by atoms with van der Waals surface area (Å²) < 4.78 is 0. The minimum absolute atomic E-state index is 0.336. The predicted octanol–water partition coefficient (Wildman–Crippen LogP) is 2.12. The van der Waals surface area contributed by atoms with Crippen LogP contribution in [-0.4, -0.2) is 27.7 Å². The van der Waals surface area contributed by atoms with Gasteiger partial charge in [0.05, 0.1) is 6.10 Å². The molecule has 0 saturated heterocycles. The fraction of sp³-hybridized carbons (Fsp3) is 0.375. The maximum Gasteiger partial charge on any atom is 0.0929 e. The SMILES string of the molecule is CC(CCc1ccccn1)NCC(O)c1cccnc1. The zero-order chi connectivity index (χ0) is 14.2. The van der Waals surface area contributed by atoms with Crippen molar-refractivity contribution < 1.29 is 5.11 Å². The van der Waals surface area contributed by atoms with Gasteiger partial charge < -0.3 is 10.4 Å². The van der Waals surface area contributed by atoms with E-state index >= 15 is 0 Å². The summed E-state index contributed by atoms with van der Waals surface area (Å²) in [6, 6.07) is 10.0. The van der Waals surface area contributed by atoms with Crippen LogP contribution in [0, 0.1) is 0 Å². The minimum atomic E-state index is -0.513. The number of aliphatic hydroxyl groups excluding tert-OH is 1. The molecule has 2 aromatic rings. The van der Waals surface area contributed by atoms with E-state index in [1.54, 1.807) is 12.4 Å². The zero-order valence-corrected chi connectivity index (χ0v) is 11.7. The Morgan fingerprint density at radius 3 is 2.80 bits per heavy atom. The van der Waals surface area contributed by atoms with E-state index in [1.807, 2.05) is 36.5 Å². The lowest BCUT2D eigenvalue weighted by Crippen LogP contribution is -2.30. The van der Waals surface area contributed by atoms with Crippen molar-refractivity contribution in [1.82, 2.24) is 15.3 Å². The van der Waals surface area contributed by atoms with Gasteiger partial charge in [0.2, 0.25) is 0 Å². The summed E-state index contributed by atoms with van der Waals surface area (Å²) in [5.41, 5.74) is 1.95. The molecule has 2 aromatic heterocycles. The molecule has 2 rings (SSSR count). The van der Waals surface area contributed by atoms with Crippen LogP contribution in [0.5, 0.6) is 0 Å². The highest BCUT2D eigenvalue weighted by Crippen LogP contribution is 2.10. The van der Waals surface area contributed by atoms with Crippen molar-refractivity contribution in [1.29, 1.82) is 0 Å². The first kappa shape index (κ1) is 14.6. The van der Waals surface area contributed by atoms with Crippen molar-refractivity contribution in [2.45, 2.75) is 31.9 Å². The van der Waals surface area contributed by atoms with Crippen molar-refractivity contribution in [3.63, 3.8) is 0 Å². The van der Waals surface area contributed by atoms with Crippen LogP contribution in [0.25, 0.3) is 0 Å². The normalized spacial score (nSPS) is 13.9. The van der Waals surface area contributed by atoms with Crippen LogP contribution in [0.15, 0.2) is 48.9 Å². The molecule has 0 aliphatic heterocycles. The largest absolute Gasteiger partial charge is 0.387 e. The molecular formula is C16H21N3O. The monoisotopic (exact) mass is 271 g/mol. The lowest BCUT2D eigenvalue weighted by Gasteiger charge is -2.17. The third kappa shape index (κ3) is 4.72. The molecule has 0 amide bonds. The molecule has 0 bridgehead atoms. The predicted molar refractivity (Wildman–Crippen MR) is 79.2 cm³/mol. The maximum absolute atomic E-state index is 10.0. The molecule has 2 atom stereocenters. The van der Waals surface area contributed by atoms with Crippen LogP contribution in [-0.2, 0) is 6.42 Å². The Labute approximate surface area is 119 Å². The highest BCUT2D eigenvalue weighted by molar-refractivity contribution is 5.12. The molecule has 20 heavy (non-hydrogen) atoms. The summed E-state index contributed by atoms with van der Waals surface area (Å²) in [5, 5.41) is 13.4. The van der Waals surface area contributed by atoms with Gasteiger partial charge in [-0.1, -0.05) is 12.1 Å². The summed E-state index contributed by atoms with van der Waals surface area (Å²) in [5.74, 6) is 0. The Morgan fingerprint density at radius 1 is 1.20 bits per heavy atom. The van der Waals surface area contributed by atoms with Gasteiger partial charge in [-0.05, 0) is 38.0 Å². The van der Waals surface area contributed by atoms with Crippen LogP contribution >= 0.6 is 0 Å². The van der Waals surface area contributed by atoms with Crippen molar-refractivity contribution >= 4 is 0 Å². The third-order valence-corrected chi connectivity index (χ3v) is 3.29. The first-order valence-electron chi connectivity index (χ1n) is 6.97. The molecular weight excluding hydrogens is 250 g/mol. The molecule has 4 heteroatoms. The number of aliphatic hydroxyl groups is 1. The second kappa shape index (κ2) is 7.72. The quantitative estimate of drug-likeness (QED) is 0.810. The molecule has 0 aliphatic carbocycles. The van der Waals surface area contributed by atoms with Gasteiger partial charge >= 0.3 is 0 Å². The second-order valence-electron chi connectivity index (χ2n) is 4.97. The lowest BCUT2D eigenvalue weighted by atomic mass is 10.1. The number of nitrogens with zero attached hydrogens (tertiary/aromatic N) is 2. The van der Waals surface area contributed by atoms with Crippen molar-refractivity contribution in [3.8, 4) is 0 Å². The summed E-state index contributed by atoms with van der Waals surface area (Å²) in [6.45, 7) is 2.66. The van der Waals surface area contributed by atoms with Gasteiger partial charge in [-0.15, -0.1) is 0 Å². The first-order chi connectivity index (χ1) is 9.75. The average Bonchev–Trinajstić information content (AvgIpc) is 2.52. The Kier molecular flexibility index (Phi) is 5.65. The highest BCUT2D eigenvalue weighted by Gasteiger charge is 2.09. The van der Waals surface area contributed by atoms with Crippen LogP contribution in [0.2, 0.25) is 0 Å². The van der Waals surface area contributed by atoms with Crippen LogP contribution in [0.1, 0.15) is 30.7 Å². The Morgan fingerprint density at radius 2 is 2.10 bits per heavy atom. The molecule has 0 radical (unpaired) electrons. The number of hydrogen-bond donors (Lipinski definition) is 2. The summed E-state index contributed by atoms with van der Waals surface area (Å²) in [6.07, 6.45) is 6.65.